The third kappa shape index (κ3) is 19.4. The summed E-state index contributed by atoms with van der Waals surface area (Å²) in [5.41, 5.74) is 12.3. The summed E-state index contributed by atoms with van der Waals surface area (Å²) in [4.78, 5) is 108. The van der Waals surface area contributed by atoms with Gasteiger partial charge in [0.15, 0.2) is 21.7 Å². The maximum Gasteiger partial charge on any atom is 0.358 e. The van der Waals surface area contributed by atoms with Crippen molar-refractivity contribution in [1.82, 2.24) is 44.8 Å². The van der Waals surface area contributed by atoms with E-state index in [4.69, 9.17) is 45.3 Å². The molecule has 1 unspecified atom stereocenters. The van der Waals surface area contributed by atoms with Crippen molar-refractivity contribution < 1.29 is 52.5 Å². The predicted molar refractivity (Wildman–Crippen MR) is 472 cm³/mol. The fourth-order valence-corrected chi connectivity index (χ4v) is 17.6. The highest BCUT2D eigenvalue weighted by Gasteiger charge is 2.34. The number of fused-ring (bicyclic) bond motifs is 5. The summed E-state index contributed by atoms with van der Waals surface area (Å²) in [6.07, 6.45) is 3.79. The Balaban J connectivity index is 0.000000206. The number of ether oxygens (including phenoxy) is 5. The highest BCUT2D eigenvalue weighted by atomic mass is 35.5. The van der Waals surface area contributed by atoms with Crippen LogP contribution in [0.2, 0.25) is 0 Å². The van der Waals surface area contributed by atoms with Crippen molar-refractivity contribution >= 4 is 123 Å². The molecule has 0 saturated carbocycles. The molecule has 0 aliphatic carbocycles. The van der Waals surface area contributed by atoms with Crippen LogP contribution in [0.5, 0.6) is 17.2 Å². The molecule has 620 valence electrons. The average Bonchev–Trinajstić information content (AvgIpc) is 1.50. The molecule has 4 aliphatic rings. The molecule has 1 atom stereocenters. The molecule has 7 aromatic carbocycles. The summed E-state index contributed by atoms with van der Waals surface area (Å²) in [6.45, 7) is 24.4. The van der Waals surface area contributed by atoms with Crippen molar-refractivity contribution in [3.63, 3.8) is 0 Å². The number of benzene rings is 7. The topological polar surface area (TPSA) is 267 Å². The fraction of sp³-hybridized carbons (Fsp3) is 0.344. The lowest BCUT2D eigenvalue weighted by Gasteiger charge is -2.34. The molecule has 9 heterocycles. The Kier molecular flexibility index (Phi) is 25.4. The smallest absolute Gasteiger partial charge is 0.358 e. The van der Waals surface area contributed by atoms with Gasteiger partial charge in [0.05, 0.1) is 50.8 Å². The quantitative estimate of drug-likeness (QED) is 0.0220. The van der Waals surface area contributed by atoms with Crippen LogP contribution in [0, 0.1) is 13.8 Å². The number of carbonyl (C=O) groups is 6. The number of hydrogen-bond donors (Lipinski definition) is 3. The first-order chi connectivity index (χ1) is 57.8. The lowest BCUT2D eigenvalue weighted by atomic mass is 9.93. The Bertz CT molecular complexity index is 5800. The molecule has 120 heavy (non-hydrogen) atoms. The SMILES string of the molecule is Cc1c(OCCCCl)cccc1-c1ccc(N2CCc3cccc(C(=O)Nc4nc5ccccc5s4)c3C2)nc1C(=O)OC(C)(C)C.Cc1c(OCCCN2CCN(CCOc3ccc4c(C5CCC(=O)NC5=O)nn(C)c4c3)CC2)cccc1-c1ccc(N2CCc3cccc(C(=O)Nc4nc5ccccc5s4)c3C2)nc1C(=O)OC(C)(C)C. The highest BCUT2D eigenvalue weighted by Crippen LogP contribution is 2.40. The van der Waals surface area contributed by atoms with Gasteiger partial charge in [-0.05, 0) is 217 Å². The first kappa shape index (κ1) is 83.4. The zero-order valence-corrected chi connectivity index (χ0v) is 71.4. The summed E-state index contributed by atoms with van der Waals surface area (Å²) in [5.74, 6) is 1.61. The van der Waals surface area contributed by atoms with Gasteiger partial charge in [-0.15, -0.1) is 11.6 Å². The number of imide groups is 1. The number of rotatable bonds is 24. The number of para-hydroxylation sites is 2. The Labute approximate surface area is 710 Å². The second-order valence-electron chi connectivity index (χ2n) is 32.4. The molecule has 0 spiro atoms. The van der Waals surface area contributed by atoms with Crippen molar-refractivity contribution in [1.29, 1.82) is 0 Å². The number of amides is 4. The monoisotopic (exact) mass is 1670 g/mol. The van der Waals surface area contributed by atoms with E-state index in [-0.39, 0.29) is 35.0 Å². The van der Waals surface area contributed by atoms with Crippen LogP contribution in [0.1, 0.15) is 154 Å². The van der Waals surface area contributed by atoms with Crippen LogP contribution in [0.4, 0.5) is 21.9 Å². The molecule has 5 aromatic heterocycles. The van der Waals surface area contributed by atoms with Gasteiger partial charge in [0.25, 0.3) is 11.8 Å². The maximum absolute atomic E-state index is 14.0. The lowest BCUT2D eigenvalue weighted by molar-refractivity contribution is -0.134. The molecule has 3 N–H and O–H groups in total. The molecule has 24 nitrogen and oxygen atoms in total. The molecule has 4 aliphatic heterocycles. The van der Waals surface area contributed by atoms with E-state index in [2.05, 4.69) is 62.7 Å². The third-order valence-electron chi connectivity index (χ3n) is 21.8. The van der Waals surface area contributed by atoms with Gasteiger partial charge >= 0.3 is 11.9 Å². The summed E-state index contributed by atoms with van der Waals surface area (Å²) in [5, 5.41) is 15.1. The van der Waals surface area contributed by atoms with Crippen LogP contribution < -0.4 is 40.0 Å². The fourth-order valence-electron chi connectivity index (χ4n) is 15.7. The normalized spacial score (nSPS) is 15.2. The summed E-state index contributed by atoms with van der Waals surface area (Å²) in [7, 11) is 1.86. The van der Waals surface area contributed by atoms with Crippen molar-refractivity contribution in [2.45, 2.75) is 124 Å². The van der Waals surface area contributed by atoms with Gasteiger partial charge in [-0.1, -0.05) is 95.5 Å². The number of pyridine rings is 2. The first-order valence-electron chi connectivity index (χ1n) is 40.8. The number of anilines is 4. The second-order valence-corrected chi connectivity index (χ2v) is 34.9. The number of thiazole rings is 2. The minimum Gasteiger partial charge on any atom is -0.493 e. The van der Waals surface area contributed by atoms with Crippen molar-refractivity contribution in [2.75, 3.05) is 98.5 Å². The van der Waals surface area contributed by atoms with Gasteiger partial charge in [0.2, 0.25) is 11.8 Å². The highest BCUT2D eigenvalue weighted by molar-refractivity contribution is 7.22. The number of piperidine rings is 1. The molecule has 16 rings (SSSR count). The van der Waals surface area contributed by atoms with E-state index in [9.17, 15) is 28.8 Å². The summed E-state index contributed by atoms with van der Waals surface area (Å²) in [6, 6.07) is 52.6. The number of halogens is 1. The van der Waals surface area contributed by atoms with E-state index in [0.29, 0.717) is 121 Å². The molecule has 2 fully saturated rings. The van der Waals surface area contributed by atoms with E-state index in [1.54, 1.807) is 4.68 Å². The van der Waals surface area contributed by atoms with E-state index in [1.165, 1.54) is 22.7 Å². The van der Waals surface area contributed by atoms with Gasteiger partial charge in [-0.25, -0.2) is 29.5 Å². The number of esters is 2. The summed E-state index contributed by atoms with van der Waals surface area (Å²) < 4.78 is 34.2. The molecule has 4 amide bonds. The van der Waals surface area contributed by atoms with Crippen molar-refractivity contribution in [3.05, 3.63) is 225 Å². The number of piperazine rings is 1. The molecule has 0 radical (unpaired) electrons. The molecular formula is C93H98ClN13O11S2. The molecular weight excluding hydrogens is 1570 g/mol. The van der Waals surface area contributed by atoms with Gasteiger partial charge in [-0.2, -0.15) is 5.10 Å². The van der Waals surface area contributed by atoms with Crippen molar-refractivity contribution in [2.24, 2.45) is 7.05 Å². The Morgan fingerprint density at radius 2 is 1.03 bits per heavy atom. The third-order valence-corrected chi connectivity index (χ3v) is 24.0. The summed E-state index contributed by atoms with van der Waals surface area (Å²) >= 11 is 8.75. The maximum atomic E-state index is 14.0. The Morgan fingerprint density at radius 1 is 0.533 bits per heavy atom. The zero-order chi connectivity index (χ0) is 83.9. The van der Waals surface area contributed by atoms with Crippen LogP contribution in [0.25, 0.3) is 53.6 Å². The molecule has 2 saturated heterocycles. The molecule has 0 bridgehead atoms. The van der Waals surface area contributed by atoms with Crippen LogP contribution in [0.15, 0.2) is 164 Å². The van der Waals surface area contributed by atoms with Crippen LogP contribution in [-0.2, 0) is 52.0 Å². The van der Waals surface area contributed by atoms with E-state index >= 15 is 0 Å². The predicted octanol–water partition coefficient (Wildman–Crippen LogP) is 16.8. The van der Waals surface area contributed by atoms with E-state index in [0.717, 1.165) is 152 Å². The van der Waals surface area contributed by atoms with Gasteiger partial charge < -0.3 is 38.4 Å². The van der Waals surface area contributed by atoms with Crippen molar-refractivity contribution in [3.8, 4) is 39.5 Å². The number of aryl methyl sites for hydroxylation is 1. The zero-order valence-electron chi connectivity index (χ0n) is 69.0. The van der Waals surface area contributed by atoms with Crippen LogP contribution in [0.3, 0.4) is 0 Å². The standard InChI is InChI=1S/C56H61N9O7S.C37H37ClN4O4S/c1-35-38(12-9-15-46(35)71-31-10-24-63-26-28-64(29-27-63)30-32-70-37-17-18-41-45(33-37)62(5)61-50(41)42-20-22-49(66)59-53(42)68)39-19-21-48(58-51(39)54(69)72-56(2,3)4)65-25-23-36-11-8-13-40(43(36)34-65)52(67)60-55-57-44-14-6-7-16-47(44)73-55;1-23-25(11-8-14-30(23)45-21-9-19-38)26-16-17-32(40-33(26)35(44)46-37(2,3)4)42-20-18-24-10-7-12-27(28(24)22-42)34(43)41-36-39-29-13-5-6-15-31(29)47-36/h6-9,11-19,21,33,42H,10,20,22-32,34H2,1-5H3,(H,57,60,67)(H,59,66,68);5-8,10-17H,9,18-22H2,1-4H3,(H,39,41,43). The largest absolute Gasteiger partial charge is 0.493 e. The average molecular weight is 1670 g/mol. The lowest BCUT2D eigenvalue weighted by Crippen LogP contribution is -2.47. The minimum absolute atomic E-state index is 0.205. The Morgan fingerprint density at radius 3 is 1.53 bits per heavy atom. The molecule has 12 aromatic rings. The van der Waals surface area contributed by atoms with Crippen LogP contribution >= 0.6 is 34.3 Å². The van der Waals surface area contributed by atoms with E-state index < -0.39 is 29.1 Å². The first-order valence-corrected chi connectivity index (χ1v) is 43.0. The number of aromatic nitrogens is 6. The van der Waals surface area contributed by atoms with Gasteiger partial charge in [-0.3, -0.25) is 44.7 Å². The van der Waals surface area contributed by atoms with Gasteiger partial charge in [0, 0.05) is 119 Å². The number of alkyl halides is 1. The number of carbonyl (C=O) groups excluding carboxylic acids is 6. The number of nitrogens with one attached hydrogen (secondary N) is 3. The second kappa shape index (κ2) is 36.5. The minimum atomic E-state index is -0.741. The van der Waals surface area contributed by atoms with Gasteiger partial charge in [0.1, 0.15) is 46.7 Å². The number of nitrogens with zero attached hydrogens (tertiary/aromatic N) is 10. The van der Waals surface area contributed by atoms with Crippen LogP contribution in [-0.4, -0.2) is 164 Å². The Hall–Kier alpha value is -11.7. The number of hydrogen-bond acceptors (Lipinski definition) is 22. The van der Waals surface area contributed by atoms with E-state index in [1.807, 2.05) is 214 Å². The molecule has 27 heteroatoms.